The molecule has 0 saturated carbocycles. The predicted octanol–water partition coefficient (Wildman–Crippen LogP) is 15.7. The van der Waals surface area contributed by atoms with Gasteiger partial charge in [-0.15, -0.1) is 0 Å². The van der Waals surface area contributed by atoms with E-state index in [1.54, 1.807) is 6.08 Å². The zero-order chi connectivity index (χ0) is 44.4. The first-order valence-electron chi connectivity index (χ1n) is 24.0. The number of rotatable bonds is 41. The smallest absolute Gasteiger partial charge is 0.309 e. The molecule has 6 heteroatoms. The molecule has 6 nitrogen and oxygen atoms in total. The van der Waals surface area contributed by atoms with E-state index >= 15 is 0 Å². The molecule has 0 aromatic heterocycles. The minimum atomic E-state index is -0.863. The summed E-state index contributed by atoms with van der Waals surface area (Å²) in [6.45, 7) is 6.26. The summed E-state index contributed by atoms with van der Waals surface area (Å²) in [6, 6.07) is 0. The van der Waals surface area contributed by atoms with Gasteiger partial charge in [0.1, 0.15) is 13.2 Å². The van der Waals surface area contributed by atoms with Crippen LogP contribution >= 0.6 is 0 Å². The van der Waals surface area contributed by atoms with Crippen LogP contribution in [0.25, 0.3) is 0 Å². The van der Waals surface area contributed by atoms with Gasteiger partial charge < -0.3 is 14.2 Å². The maximum Gasteiger partial charge on any atom is 0.309 e. The van der Waals surface area contributed by atoms with Crippen molar-refractivity contribution in [1.29, 1.82) is 0 Å². The van der Waals surface area contributed by atoms with Crippen LogP contribution in [0.2, 0.25) is 0 Å². The largest absolute Gasteiger partial charge is 0.462 e. The van der Waals surface area contributed by atoms with Gasteiger partial charge in [-0.2, -0.15) is 0 Å². The van der Waals surface area contributed by atoms with Gasteiger partial charge in [0.15, 0.2) is 6.10 Å². The quantitative estimate of drug-likeness (QED) is 0.0264. The van der Waals surface area contributed by atoms with Crippen molar-refractivity contribution in [2.75, 3.05) is 13.2 Å². The average molecular weight is 843 g/mol. The van der Waals surface area contributed by atoms with Crippen LogP contribution in [0.5, 0.6) is 0 Å². The molecule has 1 unspecified atom stereocenters. The van der Waals surface area contributed by atoms with E-state index in [9.17, 15) is 14.4 Å². The standard InChI is InChI=1S/C55H86O6/c1-4-7-10-13-16-19-21-23-25-27-29-31-33-36-39-42-45-48-54(57)60-51-52(50-59-53(56)47-44-41-38-35-18-15-12-9-6-3)61-55(58)49-46-43-40-37-34-32-30-28-26-24-22-20-17-14-11-8-5-2/h9,12,16,18-19,23-26,29-32,35-37,39-41,44,52H,4-8,10-11,13-15,17,20-22,27-28,33-34,38,42-43,45-51H2,1-3H3/b12-9-,19-16-,25-23-,26-24-,31-29-,32-30-,35-18-,39-36-,40-37-,44-41-. The Bertz CT molecular complexity index is 1340. The van der Waals surface area contributed by atoms with Gasteiger partial charge in [-0.25, -0.2) is 0 Å². The van der Waals surface area contributed by atoms with E-state index in [-0.39, 0.29) is 38.4 Å². The number of allylic oxidation sites excluding steroid dienone is 19. The third-order valence-electron chi connectivity index (χ3n) is 9.45. The molecule has 0 aromatic rings. The van der Waals surface area contributed by atoms with Crippen LogP contribution < -0.4 is 0 Å². The fourth-order valence-electron chi connectivity index (χ4n) is 5.86. The summed E-state index contributed by atoms with van der Waals surface area (Å²) in [7, 11) is 0. The Kier molecular flexibility index (Phi) is 45.1. The van der Waals surface area contributed by atoms with E-state index in [2.05, 4.69) is 130 Å². The Labute approximate surface area is 373 Å². The molecule has 0 aromatic carbocycles. The van der Waals surface area contributed by atoms with Crippen molar-refractivity contribution < 1.29 is 28.6 Å². The Morgan fingerprint density at radius 2 is 0.705 bits per heavy atom. The van der Waals surface area contributed by atoms with E-state index in [1.807, 2.05) is 6.08 Å². The van der Waals surface area contributed by atoms with Gasteiger partial charge in [0.2, 0.25) is 0 Å². The normalized spacial score (nSPS) is 13.2. The molecule has 1 atom stereocenters. The van der Waals surface area contributed by atoms with E-state index in [0.717, 1.165) is 64.2 Å². The summed E-state index contributed by atoms with van der Waals surface area (Å²) < 4.78 is 16.5. The van der Waals surface area contributed by atoms with E-state index in [4.69, 9.17) is 14.2 Å². The summed E-state index contributed by atoms with van der Waals surface area (Å²) in [4.78, 5) is 37.7. The maximum atomic E-state index is 12.7. The van der Waals surface area contributed by atoms with Gasteiger partial charge in [0, 0.05) is 12.8 Å². The monoisotopic (exact) mass is 843 g/mol. The van der Waals surface area contributed by atoms with Crippen LogP contribution in [0.3, 0.4) is 0 Å². The second-order valence-corrected chi connectivity index (χ2v) is 15.3. The van der Waals surface area contributed by atoms with Crippen molar-refractivity contribution in [2.45, 2.75) is 194 Å². The topological polar surface area (TPSA) is 78.9 Å². The van der Waals surface area contributed by atoms with Crippen molar-refractivity contribution in [3.8, 4) is 0 Å². The minimum Gasteiger partial charge on any atom is -0.462 e. The zero-order valence-corrected chi connectivity index (χ0v) is 38.9. The van der Waals surface area contributed by atoms with Crippen LogP contribution in [0.15, 0.2) is 122 Å². The number of carbonyl (C=O) groups excluding carboxylic acids is 3. The van der Waals surface area contributed by atoms with E-state index < -0.39 is 18.0 Å². The maximum absolute atomic E-state index is 12.7. The average Bonchev–Trinajstić information content (AvgIpc) is 3.26. The Balaban J connectivity index is 4.60. The summed E-state index contributed by atoms with van der Waals surface area (Å²) in [5.41, 5.74) is 0. The molecule has 342 valence electrons. The molecular weight excluding hydrogens is 757 g/mol. The molecule has 0 spiro atoms. The fraction of sp³-hybridized carbons (Fsp3) is 0.582. The predicted molar refractivity (Wildman–Crippen MR) is 260 cm³/mol. The highest BCUT2D eigenvalue weighted by molar-refractivity contribution is 5.72. The fourth-order valence-corrected chi connectivity index (χ4v) is 5.86. The molecule has 0 saturated heterocycles. The first-order chi connectivity index (χ1) is 30.0. The number of unbranched alkanes of at least 4 members (excludes halogenated alkanes) is 11. The van der Waals surface area contributed by atoms with Gasteiger partial charge in [-0.1, -0.05) is 187 Å². The highest BCUT2D eigenvalue weighted by atomic mass is 16.6. The zero-order valence-electron chi connectivity index (χ0n) is 38.9. The third-order valence-corrected chi connectivity index (χ3v) is 9.45. The molecular formula is C55H86O6. The SMILES string of the molecule is CC/C=C\C/C=C\C/C=C\CC(=O)OCC(COC(=O)CCC/C=C\C/C=C\C/C=C\C/C=C\CCCCC)OC(=O)CCC/C=C\C/C=C\C/C=C\CCCCCCCC. The molecule has 0 radical (unpaired) electrons. The lowest BCUT2D eigenvalue weighted by atomic mass is 10.1. The Hall–Kier alpha value is -4.19. The first kappa shape index (κ1) is 56.8. The van der Waals surface area contributed by atoms with Crippen LogP contribution in [0, 0.1) is 0 Å². The number of carbonyl (C=O) groups is 3. The summed E-state index contributed by atoms with van der Waals surface area (Å²) in [5, 5.41) is 0. The highest BCUT2D eigenvalue weighted by Crippen LogP contribution is 2.09. The molecule has 0 fully saturated rings. The lowest BCUT2D eigenvalue weighted by Gasteiger charge is -2.18. The summed E-state index contributed by atoms with van der Waals surface area (Å²) in [6.07, 6.45) is 66.6. The molecule has 0 amide bonds. The molecule has 61 heavy (non-hydrogen) atoms. The van der Waals surface area contributed by atoms with Crippen molar-refractivity contribution >= 4 is 17.9 Å². The molecule has 0 aliphatic carbocycles. The van der Waals surface area contributed by atoms with Gasteiger partial charge in [0.05, 0.1) is 6.42 Å². The van der Waals surface area contributed by atoms with Crippen molar-refractivity contribution in [2.24, 2.45) is 0 Å². The van der Waals surface area contributed by atoms with Gasteiger partial charge in [0.25, 0.3) is 0 Å². The molecule has 0 rings (SSSR count). The number of hydrogen-bond donors (Lipinski definition) is 0. The Morgan fingerprint density at radius 1 is 0.361 bits per heavy atom. The second-order valence-electron chi connectivity index (χ2n) is 15.3. The van der Waals surface area contributed by atoms with Crippen LogP contribution in [-0.4, -0.2) is 37.2 Å². The van der Waals surface area contributed by atoms with Gasteiger partial charge in [-0.3, -0.25) is 14.4 Å². The molecule has 0 bridgehead atoms. The summed E-state index contributed by atoms with van der Waals surface area (Å²) >= 11 is 0. The number of ether oxygens (including phenoxy) is 3. The lowest BCUT2D eigenvalue weighted by Crippen LogP contribution is -2.30. The van der Waals surface area contributed by atoms with Crippen LogP contribution in [0.4, 0.5) is 0 Å². The third kappa shape index (κ3) is 46.7. The van der Waals surface area contributed by atoms with Crippen LogP contribution in [-0.2, 0) is 28.6 Å². The number of esters is 3. The molecule has 0 aliphatic rings. The van der Waals surface area contributed by atoms with Gasteiger partial charge in [-0.05, 0) is 103 Å². The second kappa shape index (κ2) is 48.5. The van der Waals surface area contributed by atoms with Crippen LogP contribution in [0.1, 0.15) is 188 Å². The van der Waals surface area contributed by atoms with E-state index in [1.165, 1.54) is 70.6 Å². The van der Waals surface area contributed by atoms with E-state index in [0.29, 0.717) is 12.8 Å². The van der Waals surface area contributed by atoms with Crippen molar-refractivity contribution in [3.05, 3.63) is 122 Å². The van der Waals surface area contributed by atoms with Gasteiger partial charge >= 0.3 is 17.9 Å². The molecule has 0 heterocycles. The Morgan fingerprint density at radius 3 is 1.18 bits per heavy atom. The first-order valence-corrected chi connectivity index (χ1v) is 24.0. The van der Waals surface area contributed by atoms with Crippen molar-refractivity contribution in [1.82, 2.24) is 0 Å². The van der Waals surface area contributed by atoms with Crippen molar-refractivity contribution in [3.63, 3.8) is 0 Å². The highest BCUT2D eigenvalue weighted by Gasteiger charge is 2.19. The molecule has 0 N–H and O–H groups in total. The minimum absolute atomic E-state index is 0.110. The molecule has 0 aliphatic heterocycles. The number of hydrogen-bond acceptors (Lipinski definition) is 6. The lowest BCUT2D eigenvalue weighted by molar-refractivity contribution is -0.166. The summed E-state index contributed by atoms with van der Waals surface area (Å²) in [5.74, 6) is -1.20.